The standard InChI is InChI=1S/C14H11ClN2O3S/c1-2-10-16-17-11(20-10)7-19-14(18)13-12(15)8-5-3-4-6-9(8)21-13/h3-6H,2,7H2,1H3. The maximum absolute atomic E-state index is 12.1. The topological polar surface area (TPSA) is 65.2 Å². The van der Waals surface area contributed by atoms with E-state index < -0.39 is 5.97 Å². The van der Waals surface area contributed by atoms with E-state index in [4.69, 9.17) is 20.8 Å². The van der Waals surface area contributed by atoms with Crippen molar-refractivity contribution in [2.24, 2.45) is 0 Å². The van der Waals surface area contributed by atoms with Crippen LogP contribution in [0.2, 0.25) is 5.02 Å². The smallest absolute Gasteiger partial charge is 0.350 e. The summed E-state index contributed by atoms with van der Waals surface area (Å²) in [6, 6.07) is 7.56. The number of benzene rings is 1. The van der Waals surface area contributed by atoms with Crippen molar-refractivity contribution in [1.82, 2.24) is 10.2 Å². The number of thiophene rings is 1. The minimum absolute atomic E-state index is 0.0591. The van der Waals surface area contributed by atoms with Crippen LogP contribution in [0.25, 0.3) is 10.1 Å². The van der Waals surface area contributed by atoms with Gasteiger partial charge in [0.2, 0.25) is 5.89 Å². The van der Waals surface area contributed by atoms with Gasteiger partial charge in [-0.25, -0.2) is 4.79 Å². The van der Waals surface area contributed by atoms with E-state index in [1.165, 1.54) is 11.3 Å². The van der Waals surface area contributed by atoms with Gasteiger partial charge in [0.15, 0.2) is 6.61 Å². The molecule has 2 heterocycles. The highest BCUT2D eigenvalue weighted by Crippen LogP contribution is 2.35. The van der Waals surface area contributed by atoms with Crippen molar-refractivity contribution >= 4 is 39.0 Å². The molecule has 0 aliphatic rings. The fourth-order valence-corrected chi connectivity index (χ4v) is 3.23. The van der Waals surface area contributed by atoms with Gasteiger partial charge in [-0.15, -0.1) is 21.5 Å². The molecule has 108 valence electrons. The highest BCUT2D eigenvalue weighted by molar-refractivity contribution is 7.21. The van der Waals surface area contributed by atoms with Crippen LogP contribution in [0.3, 0.4) is 0 Å². The van der Waals surface area contributed by atoms with Gasteiger partial charge in [-0.2, -0.15) is 0 Å². The van der Waals surface area contributed by atoms with E-state index in [2.05, 4.69) is 10.2 Å². The second kappa shape index (κ2) is 5.83. The van der Waals surface area contributed by atoms with Gasteiger partial charge in [-0.3, -0.25) is 0 Å². The number of carbonyl (C=O) groups excluding carboxylic acids is 1. The van der Waals surface area contributed by atoms with Crippen LogP contribution in [0.5, 0.6) is 0 Å². The number of aryl methyl sites for hydroxylation is 1. The summed E-state index contributed by atoms with van der Waals surface area (Å²) in [5, 5.41) is 8.87. The van der Waals surface area contributed by atoms with Crippen LogP contribution in [0.4, 0.5) is 0 Å². The minimum atomic E-state index is -0.488. The van der Waals surface area contributed by atoms with Gasteiger partial charge in [-0.05, 0) is 6.07 Å². The molecule has 0 fully saturated rings. The van der Waals surface area contributed by atoms with Crippen LogP contribution in [0, 0.1) is 0 Å². The molecule has 0 N–H and O–H groups in total. The van der Waals surface area contributed by atoms with Crippen LogP contribution in [-0.4, -0.2) is 16.2 Å². The first-order valence-electron chi connectivity index (χ1n) is 6.34. The number of hydrogen-bond donors (Lipinski definition) is 0. The summed E-state index contributed by atoms with van der Waals surface area (Å²) in [6.07, 6.45) is 0.642. The number of carbonyl (C=O) groups is 1. The van der Waals surface area contributed by atoms with E-state index in [1.807, 2.05) is 31.2 Å². The fraction of sp³-hybridized carbons (Fsp3) is 0.214. The lowest BCUT2D eigenvalue weighted by Gasteiger charge is -1.99. The van der Waals surface area contributed by atoms with Gasteiger partial charge in [0.1, 0.15) is 4.88 Å². The molecule has 0 atom stereocenters. The normalized spacial score (nSPS) is 11.0. The predicted molar refractivity (Wildman–Crippen MR) is 79.6 cm³/mol. The number of rotatable bonds is 4. The van der Waals surface area contributed by atoms with E-state index >= 15 is 0 Å². The van der Waals surface area contributed by atoms with Gasteiger partial charge in [0.05, 0.1) is 5.02 Å². The summed E-state index contributed by atoms with van der Waals surface area (Å²) in [6.45, 7) is 1.84. The lowest BCUT2D eigenvalue weighted by Crippen LogP contribution is -2.04. The Morgan fingerprint density at radius 3 is 2.81 bits per heavy atom. The number of hydrogen-bond acceptors (Lipinski definition) is 6. The van der Waals surface area contributed by atoms with Gasteiger partial charge < -0.3 is 9.15 Å². The van der Waals surface area contributed by atoms with E-state index in [-0.39, 0.29) is 12.5 Å². The molecular formula is C14H11ClN2O3S. The maximum atomic E-state index is 12.1. The van der Waals surface area contributed by atoms with Crippen molar-refractivity contribution in [3.05, 3.63) is 45.9 Å². The monoisotopic (exact) mass is 322 g/mol. The van der Waals surface area contributed by atoms with Crippen LogP contribution in [-0.2, 0) is 17.8 Å². The second-order valence-corrected chi connectivity index (χ2v) is 5.69. The molecule has 0 saturated carbocycles. The molecule has 0 radical (unpaired) electrons. The Labute approximate surface area is 129 Å². The molecule has 5 nitrogen and oxygen atoms in total. The molecule has 0 amide bonds. The lowest BCUT2D eigenvalue weighted by atomic mass is 10.2. The molecule has 2 aromatic heterocycles. The zero-order valence-corrected chi connectivity index (χ0v) is 12.7. The Balaban J connectivity index is 1.76. The van der Waals surface area contributed by atoms with Crippen LogP contribution >= 0.6 is 22.9 Å². The van der Waals surface area contributed by atoms with Gasteiger partial charge >= 0.3 is 5.97 Å². The third-order valence-electron chi connectivity index (χ3n) is 2.86. The first kappa shape index (κ1) is 14.0. The Hall–Kier alpha value is -1.92. The number of halogens is 1. The van der Waals surface area contributed by atoms with Crippen molar-refractivity contribution in [2.45, 2.75) is 20.0 Å². The molecule has 1 aromatic carbocycles. The Bertz CT molecular complexity index is 796. The van der Waals surface area contributed by atoms with Crippen LogP contribution in [0.15, 0.2) is 28.7 Å². The molecule has 21 heavy (non-hydrogen) atoms. The quantitative estimate of drug-likeness (QED) is 0.682. The predicted octanol–water partition coefficient (Wildman–Crippen LogP) is 3.86. The SMILES string of the molecule is CCc1nnc(COC(=O)c2sc3ccccc3c2Cl)o1. The molecular weight excluding hydrogens is 312 g/mol. The third-order valence-corrected chi connectivity index (χ3v) is 4.51. The summed E-state index contributed by atoms with van der Waals surface area (Å²) < 4.78 is 11.4. The van der Waals surface area contributed by atoms with Crippen molar-refractivity contribution in [3.8, 4) is 0 Å². The average molecular weight is 323 g/mol. The van der Waals surface area contributed by atoms with E-state index in [0.29, 0.717) is 22.2 Å². The molecule has 0 aliphatic carbocycles. The molecule has 0 aliphatic heterocycles. The maximum Gasteiger partial charge on any atom is 0.350 e. The number of fused-ring (bicyclic) bond motifs is 1. The fourth-order valence-electron chi connectivity index (χ4n) is 1.83. The summed E-state index contributed by atoms with van der Waals surface area (Å²) in [5.41, 5.74) is 0. The molecule has 0 unspecified atom stereocenters. The Kier molecular flexibility index (Phi) is 3.90. The van der Waals surface area contributed by atoms with Crippen LogP contribution in [0.1, 0.15) is 28.4 Å². The third kappa shape index (κ3) is 2.77. The Morgan fingerprint density at radius 2 is 2.10 bits per heavy atom. The molecule has 0 bridgehead atoms. The van der Waals surface area contributed by atoms with Crippen molar-refractivity contribution in [3.63, 3.8) is 0 Å². The van der Waals surface area contributed by atoms with Crippen molar-refractivity contribution < 1.29 is 13.9 Å². The zero-order chi connectivity index (χ0) is 14.8. The molecule has 3 aromatic rings. The van der Waals surface area contributed by atoms with E-state index in [1.54, 1.807) is 0 Å². The second-order valence-electron chi connectivity index (χ2n) is 4.26. The molecule has 0 saturated heterocycles. The number of aromatic nitrogens is 2. The highest BCUT2D eigenvalue weighted by Gasteiger charge is 2.19. The largest absolute Gasteiger partial charge is 0.451 e. The van der Waals surface area contributed by atoms with E-state index in [9.17, 15) is 4.79 Å². The number of nitrogens with zero attached hydrogens (tertiary/aromatic N) is 2. The summed E-state index contributed by atoms with van der Waals surface area (Å²) in [5.74, 6) is 0.302. The molecule has 3 rings (SSSR count). The van der Waals surface area contributed by atoms with Gasteiger partial charge in [-0.1, -0.05) is 36.7 Å². The zero-order valence-electron chi connectivity index (χ0n) is 11.1. The number of ether oxygens (including phenoxy) is 1. The Morgan fingerprint density at radius 1 is 1.33 bits per heavy atom. The first-order valence-corrected chi connectivity index (χ1v) is 7.54. The average Bonchev–Trinajstić information content (AvgIpc) is 3.10. The van der Waals surface area contributed by atoms with Crippen molar-refractivity contribution in [2.75, 3.05) is 0 Å². The number of esters is 1. The summed E-state index contributed by atoms with van der Waals surface area (Å²) in [7, 11) is 0. The lowest BCUT2D eigenvalue weighted by molar-refractivity contribution is 0.0442. The van der Waals surface area contributed by atoms with Crippen molar-refractivity contribution in [1.29, 1.82) is 0 Å². The van der Waals surface area contributed by atoms with E-state index in [0.717, 1.165) is 10.1 Å². The molecule has 7 heteroatoms. The highest BCUT2D eigenvalue weighted by atomic mass is 35.5. The summed E-state index contributed by atoms with van der Waals surface area (Å²) in [4.78, 5) is 12.5. The minimum Gasteiger partial charge on any atom is -0.451 e. The molecule has 0 spiro atoms. The summed E-state index contributed by atoms with van der Waals surface area (Å²) >= 11 is 7.52. The van der Waals surface area contributed by atoms with Gasteiger partial charge in [0, 0.05) is 16.5 Å². The first-order chi connectivity index (χ1) is 10.2. The van der Waals surface area contributed by atoms with Crippen LogP contribution < -0.4 is 0 Å². The van der Waals surface area contributed by atoms with Gasteiger partial charge in [0.25, 0.3) is 5.89 Å².